The predicted molar refractivity (Wildman–Crippen MR) is 139 cm³/mol. The summed E-state index contributed by atoms with van der Waals surface area (Å²) in [5.41, 5.74) is 8.51. The van der Waals surface area contributed by atoms with Gasteiger partial charge in [0.05, 0.1) is 0 Å². The summed E-state index contributed by atoms with van der Waals surface area (Å²) in [5, 5.41) is 0. The van der Waals surface area contributed by atoms with Gasteiger partial charge in [-0.25, -0.2) is 0 Å². The van der Waals surface area contributed by atoms with E-state index >= 15 is 0 Å². The second-order valence-corrected chi connectivity index (χ2v) is 18.4. The van der Waals surface area contributed by atoms with Crippen LogP contribution in [0.4, 0.5) is 0 Å². The molecule has 0 fully saturated rings. The quantitative estimate of drug-likeness (QED) is 0.348. The summed E-state index contributed by atoms with van der Waals surface area (Å²) >= 11 is -3.40. The van der Waals surface area contributed by atoms with Crippen molar-refractivity contribution in [2.75, 3.05) is 0 Å². The molecule has 2 aliphatic carbocycles. The van der Waals surface area contributed by atoms with Crippen LogP contribution < -0.4 is 24.8 Å². The first kappa shape index (κ1) is 25.6. The summed E-state index contributed by atoms with van der Waals surface area (Å²) in [5.74, 6) is 0. The maximum absolute atomic E-state index is 3.40. The molecule has 35 heavy (non-hydrogen) atoms. The first-order chi connectivity index (χ1) is 16.4. The molecule has 0 aliphatic heterocycles. The van der Waals surface area contributed by atoms with Gasteiger partial charge in [-0.1, -0.05) is 0 Å². The van der Waals surface area contributed by atoms with Crippen molar-refractivity contribution in [1.29, 1.82) is 0 Å². The number of rotatable bonds is 4. The topological polar surface area (TPSA) is 0 Å². The molecular weight excluding hydrogens is 546 g/mol. The molecule has 0 radical (unpaired) electrons. The van der Waals surface area contributed by atoms with E-state index in [9.17, 15) is 0 Å². The molecule has 0 unspecified atom stereocenters. The summed E-state index contributed by atoms with van der Waals surface area (Å²) in [6, 6.07) is 40.2. The molecule has 0 nitrogen and oxygen atoms in total. The molecule has 0 N–H and O–H groups in total. The third kappa shape index (κ3) is 4.71. The number of fused-ring (bicyclic) bond motifs is 3. The van der Waals surface area contributed by atoms with Gasteiger partial charge in [-0.2, -0.15) is 0 Å². The van der Waals surface area contributed by atoms with E-state index in [0.717, 1.165) is 0 Å². The van der Waals surface area contributed by atoms with Crippen LogP contribution in [-0.2, 0) is 19.3 Å². The second kappa shape index (κ2) is 11.1. The molecule has 0 aromatic heterocycles. The Morgan fingerprint density at radius 2 is 0.886 bits per heavy atom. The van der Waals surface area contributed by atoms with Crippen LogP contribution in [0, 0.1) is 0 Å². The Labute approximate surface area is 224 Å². The van der Waals surface area contributed by atoms with Crippen LogP contribution >= 0.6 is 0 Å². The van der Waals surface area contributed by atoms with E-state index in [4.69, 9.17) is 0 Å². The van der Waals surface area contributed by atoms with Crippen molar-refractivity contribution >= 4 is 7.42 Å². The van der Waals surface area contributed by atoms with Crippen molar-refractivity contribution in [1.82, 2.24) is 0 Å². The van der Waals surface area contributed by atoms with Gasteiger partial charge in [0.15, 0.2) is 0 Å². The molecule has 0 spiro atoms. The van der Waals surface area contributed by atoms with Crippen LogP contribution in [0.3, 0.4) is 0 Å². The van der Waals surface area contributed by atoms with Crippen molar-refractivity contribution < 1.29 is 44.1 Å². The van der Waals surface area contributed by atoms with Gasteiger partial charge in [0.1, 0.15) is 0 Å². The first-order valence-electron chi connectivity index (χ1n) is 11.7. The van der Waals surface area contributed by atoms with E-state index < -0.39 is 19.3 Å². The van der Waals surface area contributed by atoms with Crippen LogP contribution in [0.25, 0.3) is 11.1 Å². The van der Waals surface area contributed by atoms with E-state index in [1.165, 1.54) is 33.4 Å². The van der Waals surface area contributed by atoms with Gasteiger partial charge in [-0.15, -0.1) is 0 Å². The van der Waals surface area contributed by atoms with Crippen LogP contribution in [-0.4, -0.2) is 7.42 Å². The number of hydrogen-bond donors (Lipinski definition) is 0. The molecule has 0 atom stereocenters. The Morgan fingerprint density at radius 1 is 0.486 bits per heavy atom. The number of allylic oxidation sites excluding steroid dienone is 4. The average molecular weight is 573 g/mol. The summed E-state index contributed by atoms with van der Waals surface area (Å²) in [6.45, 7) is 0. The third-order valence-corrected chi connectivity index (χ3v) is 19.0. The number of halogens is 2. The molecule has 4 aromatic carbocycles. The fraction of sp³-hybridized carbons (Fsp3) is 0.0625. The molecule has 3 heteroatoms. The predicted octanol–water partition coefficient (Wildman–Crippen LogP) is 1.53. The van der Waals surface area contributed by atoms with Crippen molar-refractivity contribution in [2.45, 2.75) is 7.25 Å². The first-order valence-corrected chi connectivity index (χ1v) is 17.4. The Balaban J connectivity index is 0.00000144. The Morgan fingerprint density at radius 3 is 1.34 bits per heavy atom. The minimum absolute atomic E-state index is 0. The molecule has 2 aliphatic rings. The van der Waals surface area contributed by atoms with E-state index in [0.29, 0.717) is 7.25 Å². The Hall–Kier alpha value is -2.44. The average Bonchev–Trinajstić information content (AvgIpc) is 3.52. The fourth-order valence-corrected chi connectivity index (χ4v) is 18.5. The monoisotopic (exact) mass is 570 g/mol. The van der Waals surface area contributed by atoms with Crippen molar-refractivity contribution in [3.8, 4) is 11.1 Å². The summed E-state index contributed by atoms with van der Waals surface area (Å²) in [7, 11) is 0. The summed E-state index contributed by atoms with van der Waals surface area (Å²) in [6.07, 6.45) is 9.42. The minimum Gasteiger partial charge on any atom is -1.00 e. The van der Waals surface area contributed by atoms with E-state index in [1.807, 2.05) is 0 Å². The molecule has 0 saturated heterocycles. The largest absolute Gasteiger partial charge is 1.00 e. The standard InChI is InChI=1S/C13H9.2C7H6.C5H5.2ClH.Zr/c1-3-7-12-10(5-1)9-11-6-2-4-8-13(11)12;2*1-7-5-3-2-4-6-7;1-2-4-5-3-1;;;/h1-9H;2*1-6H;1-5H;2*1H;/p-2. The molecule has 6 rings (SSSR count). The van der Waals surface area contributed by atoms with Crippen molar-refractivity contribution in [3.05, 3.63) is 156 Å². The van der Waals surface area contributed by atoms with E-state index in [2.05, 4.69) is 141 Å². The minimum atomic E-state index is -3.40. The van der Waals surface area contributed by atoms with Crippen molar-refractivity contribution in [2.24, 2.45) is 0 Å². The zero-order chi connectivity index (χ0) is 22.1. The molecule has 0 amide bonds. The molecule has 4 aromatic rings. The third-order valence-electron chi connectivity index (χ3n) is 7.09. The summed E-state index contributed by atoms with van der Waals surface area (Å²) in [4.78, 5) is 0. The SMILES string of the molecule is C1=C[CH]([Zr](=[CH]c2ccccc2)(=[CH]c2ccccc2)[CH]2c3ccccc3-c3ccccc32)C=C1.[Cl-].[Cl-]. The van der Waals surface area contributed by atoms with Gasteiger partial charge >= 0.3 is 201 Å². The van der Waals surface area contributed by atoms with Gasteiger partial charge in [0, 0.05) is 0 Å². The molecule has 0 saturated carbocycles. The molecule has 0 bridgehead atoms. The van der Waals surface area contributed by atoms with Gasteiger partial charge in [0.25, 0.3) is 0 Å². The normalized spacial score (nSPS) is 13.5. The van der Waals surface area contributed by atoms with E-state index in [1.54, 1.807) is 0 Å². The van der Waals surface area contributed by atoms with Gasteiger partial charge in [0.2, 0.25) is 0 Å². The second-order valence-electron chi connectivity index (χ2n) is 9.01. The zero-order valence-electron chi connectivity index (χ0n) is 19.3. The van der Waals surface area contributed by atoms with Crippen LogP contribution in [0.5, 0.6) is 0 Å². The summed E-state index contributed by atoms with van der Waals surface area (Å²) < 4.78 is 6.32. The van der Waals surface area contributed by atoms with Crippen LogP contribution in [0.15, 0.2) is 133 Å². The maximum Gasteiger partial charge on any atom is -1.00 e. The Bertz CT molecular complexity index is 1380. The van der Waals surface area contributed by atoms with Crippen LogP contribution in [0.1, 0.15) is 25.9 Å². The molecule has 174 valence electrons. The zero-order valence-corrected chi connectivity index (χ0v) is 23.2. The maximum atomic E-state index is 2.72. The van der Waals surface area contributed by atoms with Gasteiger partial charge in [-0.3, -0.25) is 0 Å². The smallest absolute Gasteiger partial charge is 1.00 e. The number of hydrogen-bond acceptors (Lipinski definition) is 0. The fourth-order valence-electron chi connectivity index (χ4n) is 5.73. The van der Waals surface area contributed by atoms with Gasteiger partial charge in [-0.05, 0) is 0 Å². The van der Waals surface area contributed by atoms with Gasteiger partial charge < -0.3 is 24.8 Å². The van der Waals surface area contributed by atoms with Crippen molar-refractivity contribution in [3.63, 3.8) is 0 Å². The molecular formula is C32H26Cl2Zr-2. The number of benzene rings is 4. The Kier molecular flexibility index (Phi) is 8.13. The van der Waals surface area contributed by atoms with E-state index in [-0.39, 0.29) is 24.8 Å². The van der Waals surface area contributed by atoms with Crippen LogP contribution in [0.2, 0.25) is 3.63 Å². The molecule has 0 heterocycles.